The van der Waals surface area contributed by atoms with Gasteiger partial charge >= 0.3 is 5.51 Å². The standard InChI is InChI=1S/C11H13BrF3NS/c1-8(9-2-4-10(12)5-3-9)16-6-7-17-11(13,14)15/h2-5,8,16H,6-7H2,1H3. The topological polar surface area (TPSA) is 12.0 Å². The number of thioether (sulfide) groups is 1. The number of nitrogens with one attached hydrogen (secondary N) is 1. The molecule has 6 heteroatoms. The van der Waals surface area contributed by atoms with Gasteiger partial charge in [-0.15, -0.1) is 0 Å². The smallest absolute Gasteiger partial charge is 0.309 e. The summed E-state index contributed by atoms with van der Waals surface area (Å²) in [5.74, 6) is 0.0321. The summed E-state index contributed by atoms with van der Waals surface area (Å²) in [5, 5.41) is 3.05. The molecule has 0 radical (unpaired) electrons. The Morgan fingerprint density at radius 1 is 1.29 bits per heavy atom. The van der Waals surface area contributed by atoms with Crippen molar-refractivity contribution in [2.45, 2.75) is 18.5 Å². The van der Waals surface area contributed by atoms with Crippen LogP contribution in [-0.4, -0.2) is 17.8 Å². The molecule has 1 rings (SSSR count). The Hall–Kier alpha value is -0.200. The number of rotatable bonds is 5. The molecule has 0 aliphatic rings. The molecule has 0 aliphatic heterocycles. The summed E-state index contributed by atoms with van der Waals surface area (Å²) in [7, 11) is 0. The lowest BCUT2D eigenvalue weighted by atomic mass is 10.1. The summed E-state index contributed by atoms with van der Waals surface area (Å²) in [6.07, 6.45) is 0. The third kappa shape index (κ3) is 6.33. The molecular formula is C11H13BrF3NS. The fourth-order valence-electron chi connectivity index (χ4n) is 1.31. The van der Waals surface area contributed by atoms with Crippen LogP contribution >= 0.6 is 27.7 Å². The molecule has 0 saturated carbocycles. The molecule has 0 saturated heterocycles. The van der Waals surface area contributed by atoms with E-state index in [0.717, 1.165) is 10.0 Å². The molecule has 17 heavy (non-hydrogen) atoms. The fraction of sp³-hybridized carbons (Fsp3) is 0.455. The van der Waals surface area contributed by atoms with E-state index in [-0.39, 0.29) is 23.6 Å². The Morgan fingerprint density at radius 3 is 2.41 bits per heavy atom. The zero-order chi connectivity index (χ0) is 12.9. The summed E-state index contributed by atoms with van der Waals surface area (Å²) in [5.41, 5.74) is -3.08. The second-order valence-corrected chi connectivity index (χ2v) is 5.60. The number of hydrogen-bond donors (Lipinski definition) is 1. The molecule has 0 aromatic heterocycles. The Bertz CT molecular complexity index is 340. The SMILES string of the molecule is CC(NCCSC(F)(F)F)c1ccc(Br)cc1. The number of halogens is 4. The molecule has 0 fully saturated rings. The molecule has 0 spiro atoms. The second kappa shape index (κ2) is 6.66. The van der Waals surface area contributed by atoms with E-state index in [1.54, 1.807) is 0 Å². The number of alkyl halides is 3. The van der Waals surface area contributed by atoms with Crippen LogP contribution in [0.4, 0.5) is 13.2 Å². The van der Waals surface area contributed by atoms with Crippen LogP contribution in [0.25, 0.3) is 0 Å². The van der Waals surface area contributed by atoms with Gasteiger partial charge < -0.3 is 5.32 Å². The van der Waals surface area contributed by atoms with Crippen LogP contribution in [0.1, 0.15) is 18.5 Å². The summed E-state index contributed by atoms with van der Waals surface area (Å²) in [4.78, 5) is 0. The van der Waals surface area contributed by atoms with E-state index in [2.05, 4.69) is 21.2 Å². The molecule has 1 atom stereocenters. The van der Waals surface area contributed by atoms with E-state index in [4.69, 9.17) is 0 Å². The van der Waals surface area contributed by atoms with Gasteiger partial charge in [-0.2, -0.15) is 13.2 Å². The Balaban J connectivity index is 2.30. The molecule has 0 bridgehead atoms. The lowest BCUT2D eigenvalue weighted by molar-refractivity contribution is -0.0327. The Labute approximate surface area is 111 Å². The van der Waals surface area contributed by atoms with Crippen molar-refractivity contribution in [1.29, 1.82) is 0 Å². The van der Waals surface area contributed by atoms with Crippen molar-refractivity contribution in [3.63, 3.8) is 0 Å². The highest BCUT2D eigenvalue weighted by atomic mass is 79.9. The summed E-state index contributed by atoms with van der Waals surface area (Å²) >= 11 is 3.33. The largest absolute Gasteiger partial charge is 0.441 e. The number of benzene rings is 1. The van der Waals surface area contributed by atoms with Crippen LogP contribution in [0.2, 0.25) is 0 Å². The maximum atomic E-state index is 11.9. The maximum Gasteiger partial charge on any atom is 0.441 e. The van der Waals surface area contributed by atoms with Crippen LogP contribution < -0.4 is 5.32 Å². The first kappa shape index (κ1) is 14.9. The minimum Gasteiger partial charge on any atom is -0.309 e. The van der Waals surface area contributed by atoms with Crippen molar-refractivity contribution in [1.82, 2.24) is 5.32 Å². The predicted octanol–water partition coefficient (Wildman–Crippen LogP) is 4.35. The number of hydrogen-bond acceptors (Lipinski definition) is 2. The van der Waals surface area contributed by atoms with Gasteiger partial charge in [0.1, 0.15) is 0 Å². The first-order valence-corrected chi connectivity index (χ1v) is 6.86. The lowest BCUT2D eigenvalue weighted by Gasteiger charge is -2.14. The summed E-state index contributed by atoms with van der Waals surface area (Å²) in [6, 6.07) is 7.77. The molecule has 0 aliphatic carbocycles. The van der Waals surface area contributed by atoms with E-state index >= 15 is 0 Å². The highest BCUT2D eigenvalue weighted by molar-refractivity contribution is 9.10. The average molecular weight is 328 g/mol. The highest BCUT2D eigenvalue weighted by Crippen LogP contribution is 2.29. The molecular weight excluding hydrogens is 315 g/mol. The molecule has 0 heterocycles. The molecule has 1 nitrogen and oxygen atoms in total. The molecule has 1 aromatic carbocycles. The second-order valence-electron chi connectivity index (χ2n) is 3.52. The zero-order valence-corrected chi connectivity index (χ0v) is 11.6. The van der Waals surface area contributed by atoms with Gasteiger partial charge in [0.05, 0.1) is 0 Å². The summed E-state index contributed by atoms with van der Waals surface area (Å²) < 4.78 is 36.6. The Morgan fingerprint density at radius 2 is 1.88 bits per heavy atom. The van der Waals surface area contributed by atoms with Crippen molar-refractivity contribution in [2.75, 3.05) is 12.3 Å². The van der Waals surface area contributed by atoms with E-state index in [1.807, 2.05) is 31.2 Å². The third-order valence-corrected chi connectivity index (χ3v) is 3.45. The van der Waals surface area contributed by atoms with E-state index in [0.29, 0.717) is 6.54 Å². The summed E-state index contributed by atoms with van der Waals surface area (Å²) in [6.45, 7) is 2.27. The first-order valence-electron chi connectivity index (χ1n) is 5.08. The van der Waals surface area contributed by atoms with Gasteiger partial charge in [-0.3, -0.25) is 0 Å². The molecule has 1 N–H and O–H groups in total. The first-order chi connectivity index (χ1) is 7.88. The van der Waals surface area contributed by atoms with Gasteiger partial charge in [0.25, 0.3) is 0 Å². The maximum absolute atomic E-state index is 11.9. The lowest BCUT2D eigenvalue weighted by Crippen LogP contribution is -2.22. The monoisotopic (exact) mass is 327 g/mol. The van der Waals surface area contributed by atoms with Gasteiger partial charge in [-0.1, -0.05) is 28.1 Å². The van der Waals surface area contributed by atoms with Crippen LogP contribution in [0.5, 0.6) is 0 Å². The molecule has 96 valence electrons. The normalized spacial score (nSPS) is 13.7. The highest BCUT2D eigenvalue weighted by Gasteiger charge is 2.27. The van der Waals surface area contributed by atoms with Gasteiger partial charge in [-0.25, -0.2) is 0 Å². The third-order valence-electron chi connectivity index (χ3n) is 2.19. The van der Waals surface area contributed by atoms with Gasteiger partial charge in [0.2, 0.25) is 0 Å². The quantitative estimate of drug-likeness (QED) is 0.807. The van der Waals surface area contributed by atoms with Crippen LogP contribution in [0, 0.1) is 0 Å². The minimum absolute atomic E-state index is 0.00319. The van der Waals surface area contributed by atoms with Crippen molar-refractivity contribution in [2.24, 2.45) is 0 Å². The Kier molecular flexibility index (Phi) is 5.82. The van der Waals surface area contributed by atoms with E-state index in [1.165, 1.54) is 0 Å². The minimum atomic E-state index is -4.14. The average Bonchev–Trinajstić information content (AvgIpc) is 2.24. The molecule has 0 amide bonds. The van der Waals surface area contributed by atoms with Gasteiger partial charge in [0, 0.05) is 22.8 Å². The van der Waals surface area contributed by atoms with Crippen molar-refractivity contribution in [3.05, 3.63) is 34.3 Å². The van der Waals surface area contributed by atoms with Crippen LogP contribution in [0.15, 0.2) is 28.7 Å². The van der Waals surface area contributed by atoms with Crippen molar-refractivity contribution < 1.29 is 13.2 Å². The van der Waals surface area contributed by atoms with E-state index < -0.39 is 5.51 Å². The van der Waals surface area contributed by atoms with Crippen LogP contribution in [0.3, 0.4) is 0 Å². The van der Waals surface area contributed by atoms with E-state index in [9.17, 15) is 13.2 Å². The fourth-order valence-corrected chi connectivity index (χ4v) is 2.03. The van der Waals surface area contributed by atoms with Gasteiger partial charge in [-0.05, 0) is 36.4 Å². The van der Waals surface area contributed by atoms with Crippen molar-refractivity contribution in [3.8, 4) is 0 Å². The molecule has 1 unspecified atom stereocenters. The zero-order valence-electron chi connectivity index (χ0n) is 9.22. The molecule has 1 aromatic rings. The van der Waals surface area contributed by atoms with Gasteiger partial charge in [0.15, 0.2) is 0 Å². The van der Waals surface area contributed by atoms with Crippen molar-refractivity contribution >= 4 is 27.7 Å². The predicted molar refractivity (Wildman–Crippen MR) is 69.1 cm³/mol. The van der Waals surface area contributed by atoms with Crippen LogP contribution in [-0.2, 0) is 0 Å².